The molecule has 0 bridgehead atoms. The predicted octanol–water partition coefficient (Wildman–Crippen LogP) is 3.43. The molecule has 5 nitrogen and oxygen atoms in total. The van der Waals surface area contributed by atoms with Crippen molar-refractivity contribution in [2.24, 2.45) is 0 Å². The van der Waals surface area contributed by atoms with E-state index < -0.39 is 5.60 Å². The second-order valence-corrected chi connectivity index (χ2v) is 7.86. The van der Waals surface area contributed by atoms with Gasteiger partial charge in [0, 0.05) is 12.1 Å². The second kappa shape index (κ2) is 7.12. The monoisotopic (exact) mass is 391 g/mol. The van der Waals surface area contributed by atoms with Gasteiger partial charge in [-0.15, -0.1) is 0 Å². The molecule has 1 aromatic heterocycles. The lowest BCUT2D eigenvalue weighted by atomic mass is 10.0. The fourth-order valence-electron chi connectivity index (χ4n) is 4.32. The zero-order valence-electron chi connectivity index (χ0n) is 16.1. The SMILES string of the molecule is O=C(Cc1ccccc1)N1CC[C@]2(C1)Cn1c(-c3cccc(F)c3)cnc1CO2. The van der Waals surface area contributed by atoms with E-state index >= 15 is 0 Å². The Morgan fingerprint density at radius 3 is 2.83 bits per heavy atom. The van der Waals surface area contributed by atoms with Gasteiger partial charge >= 0.3 is 0 Å². The molecule has 3 aromatic rings. The molecule has 2 aliphatic heterocycles. The molecule has 0 radical (unpaired) electrons. The maximum Gasteiger partial charge on any atom is 0.227 e. The number of hydrogen-bond donors (Lipinski definition) is 0. The van der Waals surface area contributed by atoms with Crippen molar-refractivity contribution in [1.82, 2.24) is 14.5 Å². The molecule has 0 unspecified atom stereocenters. The quantitative estimate of drug-likeness (QED) is 0.687. The Balaban J connectivity index is 1.34. The highest BCUT2D eigenvalue weighted by Gasteiger charge is 2.44. The molecule has 148 valence electrons. The van der Waals surface area contributed by atoms with Gasteiger partial charge in [0.2, 0.25) is 5.91 Å². The Morgan fingerprint density at radius 2 is 2.00 bits per heavy atom. The Kier molecular flexibility index (Phi) is 4.43. The molecule has 1 saturated heterocycles. The first-order chi connectivity index (χ1) is 14.1. The number of likely N-dealkylation sites (tertiary alicyclic amines) is 1. The molecule has 1 atom stereocenters. The van der Waals surface area contributed by atoms with E-state index in [1.165, 1.54) is 12.1 Å². The first kappa shape index (κ1) is 18.1. The Bertz CT molecular complexity index is 1050. The highest BCUT2D eigenvalue weighted by molar-refractivity contribution is 5.79. The minimum absolute atomic E-state index is 0.124. The summed E-state index contributed by atoms with van der Waals surface area (Å²) < 4.78 is 22.0. The van der Waals surface area contributed by atoms with Crippen LogP contribution in [0.1, 0.15) is 17.8 Å². The van der Waals surface area contributed by atoms with Crippen LogP contribution in [0.25, 0.3) is 11.3 Å². The third kappa shape index (κ3) is 3.44. The molecular weight excluding hydrogens is 369 g/mol. The molecule has 0 saturated carbocycles. The van der Waals surface area contributed by atoms with Crippen molar-refractivity contribution in [1.29, 1.82) is 0 Å². The minimum Gasteiger partial charge on any atom is -0.363 e. The lowest BCUT2D eigenvalue weighted by Gasteiger charge is -2.35. The van der Waals surface area contributed by atoms with Crippen LogP contribution in [0.2, 0.25) is 0 Å². The van der Waals surface area contributed by atoms with Gasteiger partial charge in [-0.05, 0) is 24.1 Å². The summed E-state index contributed by atoms with van der Waals surface area (Å²) in [5.74, 6) is 0.695. The number of carbonyl (C=O) groups excluding carboxylic acids is 1. The van der Waals surface area contributed by atoms with Gasteiger partial charge in [-0.2, -0.15) is 0 Å². The molecule has 3 heterocycles. The van der Waals surface area contributed by atoms with Gasteiger partial charge in [0.15, 0.2) is 0 Å². The van der Waals surface area contributed by atoms with Crippen molar-refractivity contribution in [2.45, 2.75) is 31.6 Å². The summed E-state index contributed by atoms with van der Waals surface area (Å²) in [6, 6.07) is 16.4. The van der Waals surface area contributed by atoms with E-state index in [-0.39, 0.29) is 11.7 Å². The van der Waals surface area contributed by atoms with Gasteiger partial charge < -0.3 is 14.2 Å². The average molecular weight is 391 g/mol. The van der Waals surface area contributed by atoms with Crippen LogP contribution < -0.4 is 0 Å². The first-order valence-corrected chi connectivity index (χ1v) is 9.88. The number of benzene rings is 2. The standard InChI is InChI=1S/C23H22FN3O2/c24-19-8-4-7-18(12-19)20-13-25-21-14-29-23(16-27(20)21)9-10-26(15-23)22(28)11-17-5-2-1-3-6-17/h1-8,12-13H,9-11,14-16H2/t23-/m0/s1. The zero-order valence-corrected chi connectivity index (χ0v) is 16.1. The Morgan fingerprint density at radius 1 is 1.14 bits per heavy atom. The van der Waals surface area contributed by atoms with Crippen molar-refractivity contribution in [3.63, 3.8) is 0 Å². The van der Waals surface area contributed by atoms with Gasteiger partial charge in [0.05, 0.1) is 31.4 Å². The minimum atomic E-state index is -0.415. The topological polar surface area (TPSA) is 47.4 Å². The fraction of sp³-hybridized carbons (Fsp3) is 0.304. The van der Waals surface area contributed by atoms with Crippen molar-refractivity contribution in [3.8, 4) is 11.3 Å². The number of fused-ring (bicyclic) bond motifs is 1. The number of aromatic nitrogens is 2. The molecule has 0 aliphatic carbocycles. The first-order valence-electron chi connectivity index (χ1n) is 9.88. The van der Waals surface area contributed by atoms with Crippen LogP contribution in [0, 0.1) is 5.82 Å². The largest absolute Gasteiger partial charge is 0.363 e. The smallest absolute Gasteiger partial charge is 0.227 e. The fourth-order valence-corrected chi connectivity index (χ4v) is 4.32. The van der Waals surface area contributed by atoms with E-state index in [4.69, 9.17) is 4.74 Å². The van der Waals surface area contributed by atoms with Crippen LogP contribution in [-0.2, 0) is 29.1 Å². The molecule has 1 spiro atoms. The van der Waals surface area contributed by atoms with Gasteiger partial charge in [-0.1, -0.05) is 42.5 Å². The van der Waals surface area contributed by atoms with Crippen molar-refractivity contribution >= 4 is 5.91 Å². The Labute approximate surface area is 168 Å². The number of amides is 1. The Hall–Kier alpha value is -2.99. The third-order valence-electron chi connectivity index (χ3n) is 5.88. The molecular formula is C23H22FN3O2. The van der Waals surface area contributed by atoms with E-state index in [0.717, 1.165) is 29.1 Å². The number of carbonyl (C=O) groups is 1. The lowest BCUT2D eigenvalue weighted by molar-refractivity contribution is -0.132. The molecule has 1 fully saturated rings. The normalized spacial score (nSPS) is 20.8. The lowest BCUT2D eigenvalue weighted by Crippen LogP contribution is -2.45. The molecule has 6 heteroatoms. The summed E-state index contributed by atoms with van der Waals surface area (Å²) in [6.45, 7) is 2.27. The highest BCUT2D eigenvalue weighted by atomic mass is 19.1. The number of ether oxygens (including phenoxy) is 1. The van der Waals surface area contributed by atoms with E-state index in [2.05, 4.69) is 9.55 Å². The summed E-state index contributed by atoms with van der Waals surface area (Å²) in [6.07, 6.45) is 2.97. The van der Waals surface area contributed by atoms with Crippen molar-refractivity contribution in [3.05, 3.63) is 78.0 Å². The van der Waals surface area contributed by atoms with Crippen LogP contribution in [0.3, 0.4) is 0 Å². The van der Waals surface area contributed by atoms with Crippen molar-refractivity contribution in [2.75, 3.05) is 13.1 Å². The third-order valence-corrected chi connectivity index (χ3v) is 5.88. The van der Waals surface area contributed by atoms with Gasteiger partial charge in [-0.3, -0.25) is 4.79 Å². The summed E-state index contributed by atoms with van der Waals surface area (Å²) in [4.78, 5) is 19.1. The van der Waals surface area contributed by atoms with Crippen LogP contribution in [0.5, 0.6) is 0 Å². The molecule has 1 amide bonds. The average Bonchev–Trinajstić information content (AvgIpc) is 3.33. The van der Waals surface area contributed by atoms with E-state index in [9.17, 15) is 9.18 Å². The van der Waals surface area contributed by atoms with Crippen LogP contribution in [0.15, 0.2) is 60.8 Å². The highest BCUT2D eigenvalue weighted by Crippen LogP contribution is 2.35. The molecule has 2 aromatic carbocycles. The number of hydrogen-bond acceptors (Lipinski definition) is 3. The molecule has 5 rings (SSSR count). The van der Waals surface area contributed by atoms with Crippen LogP contribution >= 0.6 is 0 Å². The number of nitrogens with zero attached hydrogens (tertiary/aromatic N) is 3. The molecule has 2 aliphatic rings. The molecule has 0 N–H and O–H groups in total. The second-order valence-electron chi connectivity index (χ2n) is 7.86. The summed E-state index contributed by atoms with van der Waals surface area (Å²) in [5, 5.41) is 0. The summed E-state index contributed by atoms with van der Waals surface area (Å²) in [5.41, 5.74) is 2.29. The number of halogens is 1. The van der Waals surface area contributed by atoms with E-state index in [1.54, 1.807) is 12.3 Å². The van der Waals surface area contributed by atoms with Gasteiger partial charge in [-0.25, -0.2) is 9.37 Å². The number of imidazole rings is 1. The maximum atomic E-state index is 13.7. The zero-order chi connectivity index (χ0) is 19.8. The summed E-state index contributed by atoms with van der Waals surface area (Å²) >= 11 is 0. The molecule has 29 heavy (non-hydrogen) atoms. The van der Waals surface area contributed by atoms with Gasteiger partial charge in [0.25, 0.3) is 0 Å². The van der Waals surface area contributed by atoms with E-state index in [1.807, 2.05) is 41.3 Å². The maximum absolute atomic E-state index is 13.7. The van der Waals surface area contributed by atoms with Crippen molar-refractivity contribution < 1.29 is 13.9 Å². The number of rotatable bonds is 3. The van der Waals surface area contributed by atoms with Gasteiger partial charge in [0.1, 0.15) is 23.8 Å². The summed E-state index contributed by atoms with van der Waals surface area (Å²) in [7, 11) is 0. The van der Waals surface area contributed by atoms with E-state index in [0.29, 0.717) is 32.7 Å². The van der Waals surface area contributed by atoms with Crippen LogP contribution in [0.4, 0.5) is 4.39 Å². The van der Waals surface area contributed by atoms with Crippen LogP contribution in [-0.4, -0.2) is 39.0 Å². The predicted molar refractivity (Wildman–Crippen MR) is 106 cm³/mol.